The molecule has 4 fully saturated rings. The van der Waals surface area contributed by atoms with Crippen molar-refractivity contribution in [2.45, 2.75) is 124 Å². The molecule has 0 aromatic heterocycles. The number of carboxylic acid groups (broad SMARTS) is 1. The van der Waals surface area contributed by atoms with Crippen LogP contribution < -0.4 is 0 Å². The summed E-state index contributed by atoms with van der Waals surface area (Å²) in [5, 5.41) is 50.3. The van der Waals surface area contributed by atoms with Crippen LogP contribution in [0, 0.1) is 50.2 Å². The molecule has 0 heterocycles. The molecule has 4 saturated carbocycles. The number of Topliss-reactive ketones (excluding diaryl/α,β-unsaturated/α-hetero) is 1. The molecule has 11 atom stereocenters. The van der Waals surface area contributed by atoms with Crippen molar-refractivity contribution in [1.82, 2.24) is 0 Å². The van der Waals surface area contributed by atoms with Gasteiger partial charge in [0.15, 0.2) is 5.78 Å². The van der Waals surface area contributed by atoms with E-state index in [4.69, 9.17) is 9.84 Å². The molecule has 0 bridgehead atoms. The fourth-order valence-corrected chi connectivity index (χ4v) is 11.5. The number of carboxylic acids is 1. The quantitative estimate of drug-likeness (QED) is 0.255. The number of aliphatic hydroxyl groups is 4. The minimum Gasteiger partial charge on any atom is -0.481 e. The van der Waals surface area contributed by atoms with Gasteiger partial charge >= 0.3 is 5.97 Å². The van der Waals surface area contributed by atoms with Crippen molar-refractivity contribution in [3.05, 3.63) is 11.6 Å². The molecule has 244 valence electrons. The Balaban J connectivity index is 1.44. The van der Waals surface area contributed by atoms with Gasteiger partial charge in [-0.05, 0) is 104 Å². The average molecular weight is 605 g/mol. The summed E-state index contributed by atoms with van der Waals surface area (Å²) < 4.78 is 6.11. The highest BCUT2D eigenvalue weighted by Crippen LogP contribution is 2.75. The van der Waals surface area contributed by atoms with E-state index in [1.807, 2.05) is 0 Å². The van der Waals surface area contributed by atoms with Crippen LogP contribution >= 0.6 is 0 Å². The van der Waals surface area contributed by atoms with Crippen LogP contribution in [-0.4, -0.2) is 75.4 Å². The summed E-state index contributed by atoms with van der Waals surface area (Å²) in [5.74, 6) is -0.687. The van der Waals surface area contributed by atoms with Gasteiger partial charge in [0, 0.05) is 5.41 Å². The molecule has 0 aliphatic heterocycles. The number of ether oxygens (including phenoxy) is 1. The third-order valence-electron chi connectivity index (χ3n) is 14.5. The predicted octanol–water partition coefficient (Wildman–Crippen LogP) is 4.51. The maximum atomic E-state index is 12.9. The minimum atomic E-state index is -1.70. The van der Waals surface area contributed by atoms with Gasteiger partial charge in [-0.15, -0.1) is 0 Å². The number of rotatable bonds is 8. The molecular weight excluding hydrogens is 548 g/mol. The fraction of sp³-hybridized carbons (Fsp3) is 0.886. The fourth-order valence-electron chi connectivity index (χ4n) is 11.5. The van der Waals surface area contributed by atoms with Crippen LogP contribution in [0.2, 0.25) is 0 Å². The maximum absolute atomic E-state index is 12.9. The maximum Gasteiger partial charge on any atom is 0.310 e. The van der Waals surface area contributed by atoms with Gasteiger partial charge in [0.25, 0.3) is 0 Å². The molecule has 0 aromatic carbocycles. The third kappa shape index (κ3) is 4.71. The number of carbonyl (C=O) groups is 2. The number of aliphatic carboxylic acids is 1. The Labute approximate surface area is 257 Å². The lowest BCUT2D eigenvalue weighted by atomic mass is 9.33. The highest BCUT2D eigenvalue weighted by molar-refractivity contribution is 5.84. The number of carbonyl (C=O) groups excluding carboxylic acids is 1. The minimum absolute atomic E-state index is 0.000838. The average Bonchev–Trinajstić information content (AvgIpc) is 2.95. The molecule has 0 radical (unpaired) electrons. The van der Waals surface area contributed by atoms with Gasteiger partial charge in [-0.2, -0.15) is 0 Å². The molecule has 8 nitrogen and oxygen atoms in total. The van der Waals surface area contributed by atoms with Gasteiger partial charge in [-0.25, -0.2) is 0 Å². The van der Waals surface area contributed by atoms with E-state index >= 15 is 0 Å². The number of hydrogen-bond donors (Lipinski definition) is 5. The molecule has 43 heavy (non-hydrogen) atoms. The second-order valence-electron chi connectivity index (χ2n) is 16.8. The Hall–Kier alpha value is -1.32. The summed E-state index contributed by atoms with van der Waals surface area (Å²) in [6.45, 7) is 12.8. The molecule has 5 rings (SSSR count). The SMILES string of the molecule is CC1(C)CC[C@]2(C(=O)O)CC[C@]3(C)C(=CCC4[C@@]5(C)CC[C@H](OCC(=O)C(O)C(O)CO)[C@@](C)(CO)C5CC[C@]43C)C2C1. The summed E-state index contributed by atoms with van der Waals surface area (Å²) in [7, 11) is 0. The topological polar surface area (TPSA) is 145 Å². The van der Waals surface area contributed by atoms with Gasteiger partial charge in [0.2, 0.25) is 0 Å². The molecule has 5 aliphatic rings. The zero-order chi connectivity index (χ0) is 31.8. The first kappa shape index (κ1) is 33.1. The number of aliphatic hydroxyl groups excluding tert-OH is 4. The monoisotopic (exact) mass is 604 g/mol. The Morgan fingerprint density at radius 2 is 1.60 bits per heavy atom. The number of hydrogen-bond acceptors (Lipinski definition) is 7. The Kier molecular flexibility index (Phi) is 8.37. The molecule has 5 unspecified atom stereocenters. The van der Waals surface area contributed by atoms with Crippen LogP contribution in [0.25, 0.3) is 0 Å². The summed E-state index contributed by atoms with van der Waals surface area (Å²) in [4.78, 5) is 25.4. The van der Waals surface area contributed by atoms with Crippen molar-refractivity contribution >= 4 is 11.8 Å². The normalized spacial score (nSPS) is 46.7. The first-order valence-electron chi connectivity index (χ1n) is 16.6. The van der Waals surface area contributed by atoms with Crippen molar-refractivity contribution in [3.8, 4) is 0 Å². The third-order valence-corrected chi connectivity index (χ3v) is 14.5. The highest BCUT2D eigenvalue weighted by Gasteiger charge is 2.69. The largest absolute Gasteiger partial charge is 0.481 e. The van der Waals surface area contributed by atoms with Crippen LogP contribution in [0.1, 0.15) is 106 Å². The molecule has 0 amide bonds. The van der Waals surface area contributed by atoms with Gasteiger partial charge < -0.3 is 30.3 Å². The van der Waals surface area contributed by atoms with Gasteiger partial charge in [0.1, 0.15) is 18.8 Å². The summed E-state index contributed by atoms with van der Waals surface area (Å²) >= 11 is 0. The second-order valence-corrected chi connectivity index (χ2v) is 16.8. The Morgan fingerprint density at radius 3 is 2.23 bits per heavy atom. The Bertz CT molecular complexity index is 1150. The van der Waals surface area contributed by atoms with Crippen LogP contribution in [0.15, 0.2) is 11.6 Å². The van der Waals surface area contributed by atoms with E-state index in [1.165, 1.54) is 5.57 Å². The standard InChI is InChI=1S/C35H56O8/c1-30(2)13-15-35(29(41)42)16-14-33(5)21(22(35)17-30)7-8-26-31(3)11-10-27(43-19-24(39)28(40)23(38)18-36)32(4,20-37)25(31)9-12-34(26,33)6/h7,22-23,25-28,36-38,40H,8-20H2,1-6H3,(H,41,42)/t22?,23?,25?,26?,27-,28?,31-,32-,33+,34+,35-/m0/s1. The van der Waals surface area contributed by atoms with Crippen LogP contribution in [-0.2, 0) is 14.3 Å². The van der Waals surface area contributed by atoms with Crippen LogP contribution in [0.5, 0.6) is 0 Å². The summed E-state index contributed by atoms with van der Waals surface area (Å²) in [5.41, 5.74) is 0.128. The zero-order valence-electron chi connectivity index (χ0n) is 27.2. The molecule has 5 aliphatic carbocycles. The van der Waals surface area contributed by atoms with E-state index in [9.17, 15) is 30.0 Å². The summed E-state index contributed by atoms with van der Waals surface area (Å²) in [6, 6.07) is 0. The van der Waals surface area contributed by atoms with Crippen molar-refractivity contribution in [2.24, 2.45) is 50.2 Å². The van der Waals surface area contributed by atoms with E-state index in [-0.39, 0.29) is 52.8 Å². The van der Waals surface area contributed by atoms with Crippen molar-refractivity contribution in [1.29, 1.82) is 0 Å². The smallest absolute Gasteiger partial charge is 0.310 e. The molecule has 5 N–H and O–H groups in total. The van der Waals surface area contributed by atoms with Gasteiger partial charge in [-0.3, -0.25) is 9.59 Å². The van der Waals surface area contributed by atoms with Crippen LogP contribution in [0.4, 0.5) is 0 Å². The first-order chi connectivity index (χ1) is 20.0. The lowest BCUT2D eigenvalue weighted by molar-refractivity contribution is -0.225. The molecule has 0 saturated heterocycles. The van der Waals surface area contributed by atoms with E-state index < -0.39 is 41.4 Å². The van der Waals surface area contributed by atoms with E-state index in [2.05, 4.69) is 47.6 Å². The van der Waals surface area contributed by atoms with Crippen molar-refractivity contribution in [3.63, 3.8) is 0 Å². The first-order valence-corrected chi connectivity index (χ1v) is 16.6. The second kappa shape index (κ2) is 10.9. The Morgan fingerprint density at radius 1 is 0.930 bits per heavy atom. The van der Waals surface area contributed by atoms with E-state index in [1.54, 1.807) is 0 Å². The van der Waals surface area contributed by atoms with E-state index in [0.29, 0.717) is 12.3 Å². The number of allylic oxidation sites excluding steroid dienone is 2. The highest BCUT2D eigenvalue weighted by atomic mass is 16.5. The lowest BCUT2D eigenvalue weighted by Crippen LogP contribution is -2.66. The van der Waals surface area contributed by atoms with E-state index in [0.717, 1.165) is 57.8 Å². The van der Waals surface area contributed by atoms with Crippen LogP contribution in [0.3, 0.4) is 0 Å². The number of fused-ring (bicyclic) bond motifs is 7. The lowest BCUT2D eigenvalue weighted by Gasteiger charge is -2.71. The molecule has 0 spiro atoms. The molecule has 8 heteroatoms. The molecule has 0 aromatic rings. The number of ketones is 1. The zero-order valence-corrected chi connectivity index (χ0v) is 27.2. The summed E-state index contributed by atoms with van der Waals surface area (Å²) in [6.07, 6.45) is 7.47. The van der Waals surface area contributed by atoms with Crippen molar-refractivity contribution < 1.29 is 39.9 Å². The van der Waals surface area contributed by atoms with Gasteiger partial charge in [-0.1, -0.05) is 53.2 Å². The van der Waals surface area contributed by atoms with Gasteiger partial charge in [0.05, 0.1) is 24.7 Å². The molecular formula is C35H56O8. The predicted molar refractivity (Wildman–Crippen MR) is 162 cm³/mol. The van der Waals surface area contributed by atoms with Crippen molar-refractivity contribution in [2.75, 3.05) is 19.8 Å².